The van der Waals surface area contributed by atoms with E-state index >= 15 is 0 Å². The Labute approximate surface area is 282 Å². The molecule has 0 spiro atoms. The minimum atomic E-state index is -1.67. The molecule has 6 rings (SSSR count). The number of rotatable bonds is 4. The molecule has 1 saturated heterocycles. The van der Waals surface area contributed by atoms with Crippen molar-refractivity contribution in [1.82, 2.24) is 0 Å². The number of carbonyl (C=O) groups is 1. The van der Waals surface area contributed by atoms with Crippen molar-refractivity contribution in [2.24, 2.45) is 28.6 Å². The molecule has 2 heterocycles. The molecule has 0 bridgehead atoms. The molecule has 0 aromatic heterocycles. The van der Waals surface area contributed by atoms with E-state index in [4.69, 9.17) is 14.2 Å². The van der Waals surface area contributed by atoms with Gasteiger partial charge in [0.05, 0.1) is 47.6 Å². The highest BCUT2D eigenvalue weighted by molar-refractivity contribution is 5.85. The second-order valence-electron chi connectivity index (χ2n) is 13.8. The van der Waals surface area contributed by atoms with E-state index in [1.807, 2.05) is 6.92 Å². The maximum Gasteiger partial charge on any atom is 0.331 e. The fourth-order valence-electron chi connectivity index (χ4n) is 10.1. The number of esters is 1. The first-order valence-electron chi connectivity index (χ1n) is 14.9. The van der Waals surface area contributed by atoms with Crippen molar-refractivity contribution >= 4 is 5.97 Å². The van der Waals surface area contributed by atoms with Gasteiger partial charge in [0.1, 0.15) is 24.9 Å². The number of fused-ring (bicyclic) bond motifs is 5. The number of hydrogen-bond donors (Lipinski definition) is 8. The second-order valence-corrected chi connectivity index (χ2v) is 13.8. The molecule has 49 heavy (non-hydrogen) atoms. The van der Waals surface area contributed by atoms with Gasteiger partial charge >= 0.3 is 5.97 Å². The molecule has 5 fully saturated rings. The van der Waals surface area contributed by atoms with Crippen LogP contribution in [0.15, 0.2) is 11.6 Å². The quantitative estimate of drug-likeness (QED) is 0.0988. The minimum Gasteiger partial charge on any atom is -0.458 e. The number of cyclic esters (lactones) is 1. The van der Waals surface area contributed by atoms with Crippen molar-refractivity contribution in [3.63, 3.8) is 0 Å². The molecule has 0 radical (unpaired) electrons. The largest absolute Gasteiger partial charge is 0.458 e. The molecular weight excluding hydrogens is 668 g/mol. The number of carbonyl (C=O) groups excluding carboxylic acids is 1. The lowest BCUT2D eigenvalue weighted by atomic mass is 9.40. The van der Waals surface area contributed by atoms with Crippen LogP contribution in [0.5, 0.6) is 0 Å². The Bertz CT molecular complexity index is 1100. The molecule has 2 aliphatic heterocycles. The summed E-state index contributed by atoms with van der Waals surface area (Å²) >= 11 is 0. The molecular formula is C29H60O20. The van der Waals surface area contributed by atoms with E-state index in [-0.39, 0.29) is 82.0 Å². The maximum absolute atomic E-state index is 12.4. The van der Waals surface area contributed by atoms with Crippen molar-refractivity contribution in [2.75, 3.05) is 13.2 Å². The fourth-order valence-corrected chi connectivity index (χ4v) is 10.1. The maximum atomic E-state index is 12.4. The highest BCUT2D eigenvalue weighted by Crippen LogP contribution is 2.70. The Morgan fingerprint density at radius 2 is 1.49 bits per heavy atom. The van der Waals surface area contributed by atoms with Crippen molar-refractivity contribution in [3.8, 4) is 0 Å². The molecule has 15 atom stereocenters. The van der Waals surface area contributed by atoms with Gasteiger partial charge in [0.15, 0.2) is 6.29 Å². The van der Waals surface area contributed by atoms with E-state index in [1.165, 1.54) is 13.0 Å². The standard InChI is InChI=1S/C29H44O12.8H2O/c1-13-22(34)23(35)24(36)25(40-13)41-15-8-19(32)28(12-30)21-17(3-5-27(28,37)9-15)29(38)6-4-16(14-7-20(33)39-11-14)26(29,2)10-18(21)31;;;;;;;;/h7,13,15-19,21-25,30-32,34-38H,3-6,8-12H2,1-2H3;8*1H2/t13-,15-,16+,17+,18+,19+,21+,22-,23-,24+,25?,26+,27-,28+,29-;;;;;;;;/m0......../s1. The normalized spacial score (nSPS) is 47.6. The zero-order chi connectivity index (χ0) is 29.7. The van der Waals surface area contributed by atoms with Crippen molar-refractivity contribution in [2.45, 2.75) is 119 Å². The van der Waals surface area contributed by atoms with Crippen LogP contribution in [0.2, 0.25) is 0 Å². The first-order chi connectivity index (χ1) is 19.2. The minimum absolute atomic E-state index is 0. The van der Waals surface area contributed by atoms with Gasteiger partial charge in [0.25, 0.3) is 0 Å². The predicted molar refractivity (Wildman–Crippen MR) is 168 cm³/mol. The van der Waals surface area contributed by atoms with Gasteiger partial charge < -0.3 is 98.9 Å². The molecule has 24 N–H and O–H groups in total. The average Bonchev–Trinajstić information content (AvgIpc) is 3.45. The second kappa shape index (κ2) is 17.3. The first kappa shape index (κ1) is 51.9. The zero-order valence-corrected chi connectivity index (χ0v) is 27.5. The Morgan fingerprint density at radius 3 is 2.04 bits per heavy atom. The molecule has 20 heteroatoms. The highest BCUT2D eigenvalue weighted by Gasteiger charge is 2.75. The summed E-state index contributed by atoms with van der Waals surface area (Å²) in [5, 5.41) is 89.6. The van der Waals surface area contributed by atoms with Gasteiger partial charge in [-0.25, -0.2) is 4.79 Å². The molecule has 6 aliphatic rings. The summed E-state index contributed by atoms with van der Waals surface area (Å²) < 4.78 is 16.7. The van der Waals surface area contributed by atoms with Crippen molar-refractivity contribution < 1.29 is 104 Å². The molecule has 0 aromatic rings. The zero-order valence-electron chi connectivity index (χ0n) is 27.5. The van der Waals surface area contributed by atoms with E-state index < -0.39 is 95.5 Å². The summed E-state index contributed by atoms with van der Waals surface area (Å²) in [7, 11) is 0. The van der Waals surface area contributed by atoms with Gasteiger partial charge in [-0.3, -0.25) is 0 Å². The van der Waals surface area contributed by atoms with Crippen molar-refractivity contribution in [3.05, 3.63) is 11.6 Å². The molecule has 0 aromatic carbocycles. The summed E-state index contributed by atoms with van der Waals surface area (Å²) in [6.07, 6.45) is -6.68. The van der Waals surface area contributed by atoms with E-state index in [2.05, 4.69) is 0 Å². The van der Waals surface area contributed by atoms with E-state index in [1.54, 1.807) is 0 Å². The van der Waals surface area contributed by atoms with Crippen LogP contribution in [0.3, 0.4) is 0 Å². The lowest BCUT2D eigenvalue weighted by molar-refractivity contribution is -0.342. The van der Waals surface area contributed by atoms with Crippen LogP contribution in [-0.2, 0) is 19.0 Å². The van der Waals surface area contributed by atoms with Gasteiger partial charge in [-0.2, -0.15) is 0 Å². The lowest BCUT2D eigenvalue weighted by Gasteiger charge is -2.68. The average molecular weight is 729 g/mol. The van der Waals surface area contributed by atoms with Gasteiger partial charge in [-0.05, 0) is 56.4 Å². The van der Waals surface area contributed by atoms with Crippen LogP contribution < -0.4 is 0 Å². The van der Waals surface area contributed by atoms with Crippen LogP contribution in [0, 0.1) is 28.6 Å². The summed E-state index contributed by atoms with van der Waals surface area (Å²) in [5.74, 6) is -1.93. The van der Waals surface area contributed by atoms with Gasteiger partial charge in [-0.15, -0.1) is 0 Å². The van der Waals surface area contributed by atoms with Crippen LogP contribution >= 0.6 is 0 Å². The lowest BCUT2D eigenvalue weighted by Crippen LogP contribution is -2.76. The third-order valence-corrected chi connectivity index (χ3v) is 12.2. The SMILES string of the molecule is C[C@@H]1OC(O[C@H]2C[C@@H](O)[C@]3(CO)[C@H]4[C@H](O)C[C@]5(C)[C@@H](C6=CC(=O)OC6)CC[C@]5(O)[C@@H]4CC[C@]3(O)C2)[C@H](O)[C@@H](O)[C@H]1O.O.O.O.O.O.O.O.O. The molecule has 0 amide bonds. The van der Waals surface area contributed by atoms with Gasteiger partial charge in [0, 0.05) is 30.3 Å². The Kier molecular flexibility index (Phi) is 18.3. The summed E-state index contributed by atoms with van der Waals surface area (Å²) in [4.78, 5) is 11.8. The molecule has 296 valence electrons. The van der Waals surface area contributed by atoms with Gasteiger partial charge in [0.2, 0.25) is 0 Å². The van der Waals surface area contributed by atoms with Crippen LogP contribution in [0.25, 0.3) is 0 Å². The first-order valence-corrected chi connectivity index (χ1v) is 14.9. The third kappa shape index (κ3) is 7.02. The summed E-state index contributed by atoms with van der Waals surface area (Å²) in [5.41, 5.74) is -4.46. The highest BCUT2D eigenvalue weighted by atomic mass is 16.7. The molecule has 1 unspecified atom stereocenters. The molecule has 20 nitrogen and oxygen atoms in total. The Balaban J connectivity index is -0.00000264. The van der Waals surface area contributed by atoms with E-state index in [0.29, 0.717) is 19.3 Å². The number of aliphatic hydroxyl groups is 8. The predicted octanol–water partition coefficient (Wildman–Crippen LogP) is -8.11. The molecule has 4 saturated carbocycles. The topological polar surface area (TPSA) is 459 Å². The van der Waals surface area contributed by atoms with Crippen LogP contribution in [0.4, 0.5) is 0 Å². The van der Waals surface area contributed by atoms with E-state index in [9.17, 15) is 45.6 Å². The smallest absolute Gasteiger partial charge is 0.331 e. The summed E-state index contributed by atoms with van der Waals surface area (Å²) in [6.45, 7) is 3.00. The Morgan fingerprint density at radius 1 is 0.878 bits per heavy atom. The van der Waals surface area contributed by atoms with Crippen molar-refractivity contribution in [1.29, 1.82) is 0 Å². The third-order valence-electron chi connectivity index (χ3n) is 12.2. The Hall–Kier alpha value is -1.51. The van der Waals surface area contributed by atoms with Crippen LogP contribution in [0.1, 0.15) is 58.8 Å². The monoisotopic (exact) mass is 728 g/mol. The number of hydrogen-bond acceptors (Lipinski definition) is 12. The fraction of sp³-hybridized carbons (Fsp3) is 0.897. The van der Waals surface area contributed by atoms with E-state index in [0.717, 1.165) is 5.57 Å². The van der Waals surface area contributed by atoms with Crippen LogP contribution in [-0.4, -0.2) is 164 Å². The molecule has 4 aliphatic carbocycles. The number of ether oxygens (including phenoxy) is 3. The summed E-state index contributed by atoms with van der Waals surface area (Å²) in [6, 6.07) is 0. The number of aliphatic hydroxyl groups excluding tert-OH is 6. The van der Waals surface area contributed by atoms with Gasteiger partial charge in [-0.1, -0.05) is 6.92 Å².